The molecule has 0 saturated heterocycles. The van der Waals surface area contributed by atoms with Gasteiger partial charge in [-0.2, -0.15) is 4.99 Å². The summed E-state index contributed by atoms with van der Waals surface area (Å²) >= 11 is 9.71. The first-order valence-electron chi connectivity index (χ1n) is 4.99. The first-order chi connectivity index (χ1) is 8.69. The van der Waals surface area contributed by atoms with Crippen molar-refractivity contribution in [3.05, 3.63) is 36.5 Å². The minimum atomic E-state index is 0.421. The summed E-state index contributed by atoms with van der Waals surface area (Å²) in [5.74, 6) is 0.421. The lowest BCUT2D eigenvalue weighted by atomic mass is 10.3. The van der Waals surface area contributed by atoms with Crippen molar-refractivity contribution in [1.29, 1.82) is 0 Å². The molecule has 2 aromatic rings. The van der Waals surface area contributed by atoms with Crippen LogP contribution in [0.2, 0.25) is 0 Å². The topological polar surface area (TPSA) is 68.2 Å². The molecule has 1 heterocycles. The van der Waals surface area contributed by atoms with Crippen LogP contribution >= 0.6 is 24.4 Å². The highest BCUT2D eigenvalue weighted by Gasteiger charge is 2.02. The second-order valence-corrected chi connectivity index (χ2v) is 3.93. The molecule has 0 aliphatic rings. The molecule has 0 bridgehead atoms. The number of nitrogens with zero attached hydrogens (tertiary/aromatic N) is 3. The Hall–Kier alpha value is -2.08. The van der Waals surface area contributed by atoms with Crippen LogP contribution in [-0.2, 0) is 0 Å². The number of hydrogen-bond donors (Lipinski definition) is 2. The maximum Gasteiger partial charge on any atom is 0.198 e. The Kier molecular flexibility index (Phi) is 3.78. The maximum atomic E-state index is 5.51. The first kappa shape index (κ1) is 12.4. The first-order valence-corrected chi connectivity index (χ1v) is 5.81. The minimum Gasteiger partial charge on any atom is -0.382 e. The van der Waals surface area contributed by atoms with Crippen molar-refractivity contribution in [3.8, 4) is 0 Å². The van der Waals surface area contributed by atoms with Crippen molar-refractivity contribution in [2.24, 2.45) is 4.99 Å². The number of rotatable bonds is 2. The molecule has 0 saturated carbocycles. The quantitative estimate of drug-likeness (QED) is 0.651. The number of isothiocyanates is 1. The number of aromatic nitrogens is 2. The summed E-state index contributed by atoms with van der Waals surface area (Å²) in [6.45, 7) is 0. The summed E-state index contributed by atoms with van der Waals surface area (Å²) < 4.78 is 1.49. The molecule has 2 rings (SSSR count). The van der Waals surface area contributed by atoms with Crippen LogP contribution in [0.4, 0.5) is 17.2 Å². The highest BCUT2D eigenvalue weighted by Crippen LogP contribution is 2.15. The van der Waals surface area contributed by atoms with Crippen molar-refractivity contribution < 1.29 is 0 Å². The van der Waals surface area contributed by atoms with Crippen LogP contribution in [0, 0.1) is 0 Å². The number of hydrogen-bond acceptors (Lipinski definition) is 5. The third-order valence-corrected chi connectivity index (χ3v) is 2.49. The Morgan fingerprint density at radius 2 is 2.06 bits per heavy atom. The van der Waals surface area contributed by atoms with Crippen molar-refractivity contribution in [1.82, 2.24) is 9.78 Å². The molecular formula is C11H9N5S2. The van der Waals surface area contributed by atoms with E-state index in [9.17, 15) is 0 Å². The number of aliphatic imine (C=N–C) groups is 1. The Bertz CT molecular complexity index is 611. The van der Waals surface area contributed by atoms with Gasteiger partial charge in [-0.3, -0.25) is 0 Å². The fraction of sp³-hybridized carbons (Fsp3) is 0. The van der Waals surface area contributed by atoms with Gasteiger partial charge >= 0.3 is 0 Å². The zero-order chi connectivity index (χ0) is 13.0. The average Bonchev–Trinajstić information content (AvgIpc) is 2.79. The Balaban J connectivity index is 2.09. The van der Waals surface area contributed by atoms with Crippen LogP contribution in [0.15, 0.2) is 41.5 Å². The van der Waals surface area contributed by atoms with Gasteiger partial charge in [-0.1, -0.05) is 0 Å². The summed E-state index contributed by atoms with van der Waals surface area (Å²) in [6, 6.07) is 8.96. The number of thiocarbonyl (C=S) groups is 2. The largest absolute Gasteiger partial charge is 0.382 e. The molecular weight excluding hydrogens is 266 g/mol. The van der Waals surface area contributed by atoms with E-state index in [1.807, 2.05) is 24.3 Å². The van der Waals surface area contributed by atoms with Gasteiger partial charge in [0.15, 0.2) is 5.11 Å². The number of anilines is 2. The molecule has 0 aliphatic heterocycles. The van der Waals surface area contributed by atoms with Crippen molar-refractivity contribution in [2.75, 3.05) is 11.1 Å². The van der Waals surface area contributed by atoms with Crippen LogP contribution in [-0.4, -0.2) is 20.1 Å². The van der Waals surface area contributed by atoms with Crippen LogP contribution in [0.3, 0.4) is 0 Å². The van der Waals surface area contributed by atoms with E-state index in [0.717, 1.165) is 11.4 Å². The summed E-state index contributed by atoms with van der Waals surface area (Å²) in [5, 5.41) is 9.78. The second kappa shape index (κ2) is 5.50. The normalized spacial score (nSPS) is 9.56. The number of nitrogens with one attached hydrogen (secondary N) is 1. The number of nitrogen functional groups attached to an aromatic ring is 1. The predicted molar refractivity (Wildman–Crippen MR) is 79.4 cm³/mol. The van der Waals surface area contributed by atoms with Gasteiger partial charge in [-0.25, -0.2) is 4.68 Å². The smallest absolute Gasteiger partial charge is 0.198 e. The number of nitrogens with two attached hydrogens (primary N) is 1. The number of benzene rings is 1. The van der Waals surface area contributed by atoms with Crippen molar-refractivity contribution >= 4 is 51.9 Å². The van der Waals surface area contributed by atoms with Gasteiger partial charge in [0.25, 0.3) is 0 Å². The summed E-state index contributed by atoms with van der Waals surface area (Å²) in [5.41, 5.74) is 7.09. The van der Waals surface area contributed by atoms with E-state index in [0.29, 0.717) is 10.9 Å². The average molecular weight is 275 g/mol. The van der Waals surface area contributed by atoms with Gasteiger partial charge in [-0.15, -0.1) is 5.10 Å². The molecule has 5 nitrogen and oxygen atoms in total. The van der Waals surface area contributed by atoms with Gasteiger partial charge in [-0.05, 0) is 48.7 Å². The molecule has 0 fully saturated rings. The lowest BCUT2D eigenvalue weighted by molar-refractivity contribution is 0.953. The standard InChI is InChI=1S/C11H9N5S2/c12-10-5-6-16(15-10)11(18)14-9-3-1-8(2-4-9)13-7-17/h1-6H,(H2,12,15)(H,14,18). The SMILES string of the molecule is Nc1ccn(C(=S)Nc2ccc(N=C=S)cc2)n1. The van der Waals surface area contributed by atoms with Crippen LogP contribution < -0.4 is 11.1 Å². The summed E-state index contributed by atoms with van der Waals surface area (Å²) in [4.78, 5) is 3.86. The summed E-state index contributed by atoms with van der Waals surface area (Å²) in [6.07, 6.45) is 1.69. The monoisotopic (exact) mass is 275 g/mol. The van der Waals surface area contributed by atoms with Crippen LogP contribution in [0.25, 0.3) is 0 Å². The molecule has 1 aromatic carbocycles. The van der Waals surface area contributed by atoms with Gasteiger partial charge < -0.3 is 11.1 Å². The predicted octanol–water partition coefficient (Wildman–Crippen LogP) is 2.44. The van der Waals surface area contributed by atoms with E-state index in [-0.39, 0.29) is 0 Å². The van der Waals surface area contributed by atoms with E-state index in [1.54, 1.807) is 12.3 Å². The van der Waals surface area contributed by atoms with Crippen molar-refractivity contribution in [2.45, 2.75) is 0 Å². The van der Waals surface area contributed by atoms with Gasteiger partial charge in [0, 0.05) is 18.0 Å². The highest BCUT2D eigenvalue weighted by atomic mass is 32.1. The Labute approximate surface area is 114 Å². The van der Waals surface area contributed by atoms with E-state index in [2.05, 4.69) is 32.8 Å². The van der Waals surface area contributed by atoms with Crippen LogP contribution in [0.5, 0.6) is 0 Å². The Morgan fingerprint density at radius 3 is 2.61 bits per heavy atom. The maximum absolute atomic E-state index is 5.51. The van der Waals surface area contributed by atoms with E-state index >= 15 is 0 Å². The van der Waals surface area contributed by atoms with E-state index in [4.69, 9.17) is 18.0 Å². The zero-order valence-corrected chi connectivity index (χ0v) is 10.8. The lowest BCUT2D eigenvalue weighted by Crippen LogP contribution is -2.19. The third-order valence-electron chi connectivity index (χ3n) is 2.11. The van der Waals surface area contributed by atoms with Crippen LogP contribution in [0.1, 0.15) is 0 Å². The molecule has 1 aromatic heterocycles. The molecule has 90 valence electrons. The fourth-order valence-electron chi connectivity index (χ4n) is 1.30. The van der Waals surface area contributed by atoms with E-state index in [1.165, 1.54) is 4.68 Å². The van der Waals surface area contributed by atoms with Gasteiger partial charge in [0.2, 0.25) is 0 Å². The molecule has 0 unspecified atom stereocenters. The van der Waals surface area contributed by atoms with Gasteiger partial charge in [0.05, 0.1) is 10.8 Å². The summed E-state index contributed by atoms with van der Waals surface area (Å²) in [7, 11) is 0. The third kappa shape index (κ3) is 2.98. The molecule has 3 N–H and O–H groups in total. The minimum absolute atomic E-state index is 0.421. The molecule has 0 radical (unpaired) electrons. The second-order valence-electron chi connectivity index (χ2n) is 3.37. The molecule has 0 spiro atoms. The van der Waals surface area contributed by atoms with Gasteiger partial charge in [0.1, 0.15) is 5.82 Å². The molecule has 0 atom stereocenters. The highest BCUT2D eigenvalue weighted by molar-refractivity contribution is 7.80. The lowest BCUT2D eigenvalue weighted by Gasteiger charge is -2.07. The zero-order valence-electron chi connectivity index (χ0n) is 9.20. The Morgan fingerprint density at radius 1 is 1.33 bits per heavy atom. The molecule has 0 amide bonds. The fourth-order valence-corrected chi connectivity index (χ4v) is 1.63. The van der Waals surface area contributed by atoms with E-state index < -0.39 is 0 Å². The molecule has 7 heteroatoms. The van der Waals surface area contributed by atoms with Crippen molar-refractivity contribution in [3.63, 3.8) is 0 Å². The molecule has 0 aliphatic carbocycles. The molecule has 18 heavy (non-hydrogen) atoms.